The molecule has 2 aliphatic rings. The van der Waals surface area contributed by atoms with Gasteiger partial charge in [0, 0.05) is 41.8 Å². The number of nitrogen functional groups attached to an aromatic ring is 1. The van der Waals surface area contributed by atoms with Crippen molar-refractivity contribution in [3.8, 4) is 11.8 Å². The number of nitrogens with zero attached hydrogens (tertiary/aromatic N) is 3. The zero-order valence-corrected chi connectivity index (χ0v) is 16.6. The summed E-state index contributed by atoms with van der Waals surface area (Å²) in [5, 5.41) is 12.7. The fourth-order valence-corrected chi connectivity index (χ4v) is 4.19. The van der Waals surface area contributed by atoms with Crippen LogP contribution in [0.4, 0.5) is 24.5 Å². The molecule has 0 saturated carbocycles. The summed E-state index contributed by atoms with van der Waals surface area (Å²) in [7, 11) is 0. The van der Waals surface area contributed by atoms with Crippen molar-refractivity contribution in [2.24, 2.45) is 10.9 Å². The summed E-state index contributed by atoms with van der Waals surface area (Å²) in [6, 6.07) is 14.4. The molecule has 0 bridgehead atoms. The van der Waals surface area contributed by atoms with Gasteiger partial charge in [0.05, 0.1) is 24.1 Å². The molecule has 0 radical (unpaired) electrons. The van der Waals surface area contributed by atoms with Gasteiger partial charge in [0.2, 0.25) is 0 Å². The lowest BCUT2D eigenvalue weighted by Crippen LogP contribution is -2.47. The first-order valence-corrected chi connectivity index (χ1v) is 9.98. The van der Waals surface area contributed by atoms with E-state index in [0.29, 0.717) is 18.8 Å². The number of halogens is 3. The molecule has 0 spiro atoms. The van der Waals surface area contributed by atoms with Crippen LogP contribution < -0.4 is 15.8 Å². The molecular weight excluding hydrogens is 407 g/mol. The van der Waals surface area contributed by atoms with Crippen LogP contribution in [0.25, 0.3) is 0 Å². The first-order valence-electron chi connectivity index (χ1n) is 9.98. The van der Waals surface area contributed by atoms with Crippen molar-refractivity contribution in [2.75, 3.05) is 30.7 Å². The first kappa shape index (κ1) is 21.0. The molecule has 2 heterocycles. The zero-order chi connectivity index (χ0) is 22.0. The predicted octanol–water partition coefficient (Wildman–Crippen LogP) is 3.97. The number of anilines is 2. The van der Waals surface area contributed by atoms with Crippen LogP contribution in [0.15, 0.2) is 47.5 Å². The molecule has 3 atom stereocenters. The molecule has 6 nitrogen and oxygen atoms in total. The third-order valence-electron chi connectivity index (χ3n) is 5.71. The number of nitrogens with two attached hydrogens (primary N) is 1. The molecule has 3 N–H and O–H groups in total. The second kappa shape index (κ2) is 8.47. The molecule has 2 aliphatic heterocycles. The van der Waals surface area contributed by atoms with E-state index in [2.05, 4.69) is 21.3 Å². The normalized spacial score (nSPS) is 23.9. The van der Waals surface area contributed by atoms with Crippen molar-refractivity contribution in [3.05, 3.63) is 53.6 Å². The number of likely N-dealkylation sites (tertiary alicyclic amines) is 1. The fraction of sp³-hybridized carbons (Fsp3) is 0.364. The second-order valence-electron chi connectivity index (χ2n) is 7.68. The highest BCUT2D eigenvalue weighted by molar-refractivity contribution is 5.94. The molecule has 0 aromatic heterocycles. The molecule has 0 amide bonds. The van der Waals surface area contributed by atoms with E-state index in [4.69, 9.17) is 10.5 Å². The van der Waals surface area contributed by atoms with Gasteiger partial charge in [-0.2, -0.15) is 10.3 Å². The number of para-hydroxylation sites is 1. The number of ether oxygens (including phenoxy) is 1. The van der Waals surface area contributed by atoms with E-state index in [1.54, 1.807) is 12.1 Å². The van der Waals surface area contributed by atoms with Crippen LogP contribution in [-0.4, -0.2) is 43.2 Å². The van der Waals surface area contributed by atoms with E-state index < -0.39 is 6.30 Å². The van der Waals surface area contributed by atoms with Crippen LogP contribution in [0.5, 0.6) is 5.75 Å². The highest BCUT2D eigenvalue weighted by atomic mass is 19.4. The molecule has 31 heavy (non-hydrogen) atoms. The topological polar surface area (TPSA) is 86.7 Å². The minimum absolute atomic E-state index is 0.0420. The Labute approximate surface area is 178 Å². The molecule has 0 aliphatic carbocycles. The molecule has 162 valence electrons. The Morgan fingerprint density at radius 1 is 1.23 bits per heavy atom. The van der Waals surface area contributed by atoms with Gasteiger partial charge >= 0.3 is 6.30 Å². The predicted molar refractivity (Wildman–Crippen MR) is 112 cm³/mol. The Morgan fingerprint density at radius 3 is 2.77 bits per heavy atom. The lowest BCUT2D eigenvalue weighted by atomic mass is 9.94. The smallest absolute Gasteiger partial charge is 0.491 e. The van der Waals surface area contributed by atoms with E-state index in [9.17, 15) is 18.4 Å². The van der Waals surface area contributed by atoms with Crippen LogP contribution in [0, 0.1) is 17.2 Å². The third-order valence-corrected chi connectivity index (χ3v) is 5.71. The first-order chi connectivity index (χ1) is 14.9. The highest BCUT2D eigenvalue weighted by Crippen LogP contribution is 2.39. The molecule has 1 saturated heterocycles. The molecule has 4 rings (SSSR count). The summed E-state index contributed by atoms with van der Waals surface area (Å²) < 4.78 is 44.0. The van der Waals surface area contributed by atoms with Crippen LogP contribution in [-0.2, 0) is 0 Å². The van der Waals surface area contributed by atoms with Crippen LogP contribution in [0.1, 0.15) is 23.6 Å². The second-order valence-corrected chi connectivity index (χ2v) is 7.68. The number of benzene rings is 2. The van der Waals surface area contributed by atoms with Crippen LogP contribution in [0.2, 0.25) is 0 Å². The molecule has 2 aromatic rings. The molecule has 9 heteroatoms. The van der Waals surface area contributed by atoms with E-state index in [0.717, 1.165) is 30.5 Å². The monoisotopic (exact) mass is 429 g/mol. The van der Waals surface area contributed by atoms with Gasteiger partial charge in [-0.25, -0.2) is 0 Å². The minimum Gasteiger partial charge on any atom is -0.491 e. The lowest BCUT2D eigenvalue weighted by molar-refractivity contribution is -0.119. The Kier molecular flexibility index (Phi) is 5.74. The van der Waals surface area contributed by atoms with Crippen molar-refractivity contribution in [3.63, 3.8) is 0 Å². The summed E-state index contributed by atoms with van der Waals surface area (Å²) in [6.45, 7) is 1.79. The molecular formula is C22H22F3N5O. The zero-order valence-electron chi connectivity index (χ0n) is 16.6. The average Bonchev–Trinajstić information content (AvgIpc) is 3.22. The quantitative estimate of drug-likeness (QED) is 0.436. The summed E-state index contributed by atoms with van der Waals surface area (Å²) in [5.41, 5.74) is 7.71. The van der Waals surface area contributed by atoms with E-state index >= 15 is 0 Å². The maximum absolute atomic E-state index is 12.7. The number of alkyl halides is 3. The van der Waals surface area contributed by atoms with Crippen LogP contribution in [0.3, 0.4) is 0 Å². The molecule has 1 fully saturated rings. The van der Waals surface area contributed by atoms with Gasteiger partial charge < -0.3 is 15.8 Å². The van der Waals surface area contributed by atoms with Gasteiger partial charge in [-0.1, -0.05) is 24.3 Å². The molecule has 2 aromatic carbocycles. The SMILES string of the molecule is N#CC1CCN(C2COc3ccccc3C2Nc2cccc(N)c2/C=N/C(F)(F)F)C1. The standard InChI is InChI=1S/C22H22F3N5O/c23-22(24,25)28-11-16-17(27)5-3-6-18(16)29-21-15-4-1-2-7-20(15)31-13-19(21)30-9-8-14(10-26)12-30/h1-7,11,14,19,21,29H,8-9,12-13,27H2/b28-11+. The third kappa shape index (κ3) is 4.59. The van der Waals surface area contributed by atoms with Crippen LogP contribution >= 0.6 is 0 Å². The number of hydrogen-bond donors (Lipinski definition) is 2. The minimum atomic E-state index is -4.69. The summed E-state index contributed by atoms with van der Waals surface area (Å²) >= 11 is 0. The maximum atomic E-state index is 12.7. The van der Waals surface area contributed by atoms with E-state index in [1.807, 2.05) is 24.3 Å². The lowest BCUT2D eigenvalue weighted by Gasteiger charge is -2.40. The number of nitriles is 1. The van der Waals surface area contributed by atoms with Gasteiger partial charge in [-0.15, -0.1) is 13.2 Å². The number of fused-ring (bicyclic) bond motifs is 1. The van der Waals surface area contributed by atoms with Gasteiger partial charge in [0.25, 0.3) is 0 Å². The van der Waals surface area contributed by atoms with E-state index in [-0.39, 0.29) is 29.3 Å². The van der Waals surface area contributed by atoms with Crippen molar-refractivity contribution < 1.29 is 17.9 Å². The highest BCUT2D eigenvalue weighted by Gasteiger charge is 2.38. The van der Waals surface area contributed by atoms with Gasteiger partial charge in [-0.3, -0.25) is 4.90 Å². The van der Waals surface area contributed by atoms with E-state index in [1.165, 1.54) is 6.07 Å². The Bertz CT molecular complexity index is 1020. The fourth-order valence-electron chi connectivity index (χ4n) is 4.19. The Balaban J connectivity index is 1.70. The van der Waals surface area contributed by atoms with Crippen molar-refractivity contribution in [1.82, 2.24) is 4.90 Å². The van der Waals surface area contributed by atoms with Crippen molar-refractivity contribution in [1.29, 1.82) is 5.26 Å². The summed E-state index contributed by atoms with van der Waals surface area (Å²) in [4.78, 5) is 4.89. The van der Waals surface area contributed by atoms with Crippen molar-refractivity contribution >= 4 is 17.6 Å². The summed E-state index contributed by atoms with van der Waals surface area (Å²) in [5.74, 6) is 0.682. The maximum Gasteiger partial charge on any atom is 0.503 e. The van der Waals surface area contributed by atoms with Gasteiger partial charge in [0.1, 0.15) is 12.4 Å². The number of hydrogen-bond acceptors (Lipinski definition) is 6. The van der Waals surface area contributed by atoms with Gasteiger partial charge in [0.15, 0.2) is 0 Å². The number of nitrogens with one attached hydrogen (secondary N) is 1. The average molecular weight is 429 g/mol. The summed E-state index contributed by atoms with van der Waals surface area (Å²) in [6.07, 6.45) is -3.15. The Hall–Kier alpha value is -3.25. The van der Waals surface area contributed by atoms with Crippen molar-refractivity contribution in [2.45, 2.75) is 24.8 Å². The number of aliphatic imine (C=N–C) groups is 1. The van der Waals surface area contributed by atoms with Gasteiger partial charge in [-0.05, 0) is 24.6 Å². The largest absolute Gasteiger partial charge is 0.503 e. The number of rotatable bonds is 4. The molecule has 3 unspecified atom stereocenters. The Morgan fingerprint density at radius 2 is 2.03 bits per heavy atom.